The maximum Gasteiger partial charge on any atom is 0.295 e. The lowest BCUT2D eigenvalue weighted by molar-refractivity contribution is 0.0971. The molecule has 2 heterocycles. The van der Waals surface area contributed by atoms with Crippen molar-refractivity contribution in [3.05, 3.63) is 92.8 Å². The van der Waals surface area contributed by atoms with Crippen LogP contribution in [0, 0.1) is 0 Å². The second-order valence-corrected chi connectivity index (χ2v) is 9.37. The molecule has 0 spiro atoms. The Hall–Kier alpha value is -3.97. The first-order valence-electron chi connectivity index (χ1n) is 12.6. The van der Waals surface area contributed by atoms with Crippen LogP contribution in [0.25, 0.3) is 11.0 Å². The molecule has 4 aromatic rings. The molecule has 0 N–H and O–H groups in total. The fraction of sp³-hybridized carbons (Fsp3) is 0.267. The Bertz CT molecular complexity index is 1550. The van der Waals surface area contributed by atoms with E-state index in [0.29, 0.717) is 57.7 Å². The second kappa shape index (κ2) is 10.8. The zero-order valence-electron chi connectivity index (χ0n) is 21.5. The van der Waals surface area contributed by atoms with Gasteiger partial charge in [-0.3, -0.25) is 14.5 Å². The number of hydrogen-bond acceptors (Lipinski definition) is 6. The van der Waals surface area contributed by atoms with Crippen molar-refractivity contribution in [2.75, 3.05) is 25.2 Å². The maximum absolute atomic E-state index is 13.8. The number of fused-ring (bicyclic) bond motifs is 2. The summed E-state index contributed by atoms with van der Waals surface area (Å²) in [6.45, 7) is 5.08. The van der Waals surface area contributed by atoms with Gasteiger partial charge in [0.05, 0.1) is 37.3 Å². The van der Waals surface area contributed by atoms with E-state index < -0.39 is 11.9 Å². The molecule has 8 heteroatoms. The highest BCUT2D eigenvalue weighted by molar-refractivity contribution is 6.31. The van der Waals surface area contributed by atoms with Crippen LogP contribution in [0.5, 0.6) is 17.2 Å². The van der Waals surface area contributed by atoms with Gasteiger partial charge in [-0.1, -0.05) is 31.0 Å². The van der Waals surface area contributed by atoms with Crippen molar-refractivity contribution >= 4 is 34.2 Å². The molecule has 1 atom stereocenters. The third-order valence-corrected chi connectivity index (χ3v) is 6.75. The van der Waals surface area contributed by atoms with Crippen LogP contribution in [0.3, 0.4) is 0 Å². The van der Waals surface area contributed by atoms with Crippen molar-refractivity contribution in [3.8, 4) is 17.2 Å². The van der Waals surface area contributed by atoms with Gasteiger partial charge in [-0.2, -0.15) is 0 Å². The van der Waals surface area contributed by atoms with Crippen molar-refractivity contribution in [2.24, 2.45) is 0 Å². The van der Waals surface area contributed by atoms with Gasteiger partial charge in [-0.15, -0.1) is 0 Å². The van der Waals surface area contributed by atoms with E-state index in [0.717, 1.165) is 12.8 Å². The van der Waals surface area contributed by atoms with Gasteiger partial charge in [-0.05, 0) is 73.5 Å². The summed E-state index contributed by atoms with van der Waals surface area (Å²) in [6, 6.07) is 16.7. The van der Waals surface area contributed by atoms with Gasteiger partial charge in [0, 0.05) is 10.7 Å². The minimum atomic E-state index is -0.756. The van der Waals surface area contributed by atoms with Crippen LogP contribution in [0.1, 0.15) is 54.4 Å². The molecule has 0 saturated carbocycles. The first-order chi connectivity index (χ1) is 18.5. The van der Waals surface area contributed by atoms with Gasteiger partial charge in [0.25, 0.3) is 5.91 Å². The van der Waals surface area contributed by atoms with Gasteiger partial charge in [0.1, 0.15) is 11.3 Å². The monoisotopic (exact) mass is 533 g/mol. The fourth-order valence-corrected chi connectivity index (χ4v) is 4.87. The summed E-state index contributed by atoms with van der Waals surface area (Å²) in [5.74, 6) is 1.39. The molecule has 38 heavy (non-hydrogen) atoms. The van der Waals surface area contributed by atoms with Gasteiger partial charge < -0.3 is 18.6 Å². The van der Waals surface area contributed by atoms with Crippen LogP contribution in [0.2, 0.25) is 5.02 Å². The van der Waals surface area contributed by atoms with Gasteiger partial charge in [0.2, 0.25) is 5.76 Å². The molecule has 1 amide bonds. The third-order valence-electron chi connectivity index (χ3n) is 6.52. The number of rotatable bonds is 9. The largest absolute Gasteiger partial charge is 0.494 e. The standard InChI is InChI=1S/C30H28ClNO6/c1-4-6-15-37-24-13-7-18(16-25(24)35-3)27-26-28(33)22-17-19(31)8-14-23(22)38-29(26)30(34)32(27)20-9-11-21(12-10-20)36-5-2/h7-14,16-17,27H,4-6,15H2,1-3H3. The summed E-state index contributed by atoms with van der Waals surface area (Å²) >= 11 is 6.20. The summed E-state index contributed by atoms with van der Waals surface area (Å²) in [5, 5.41) is 0.721. The van der Waals surface area contributed by atoms with Crippen molar-refractivity contribution in [2.45, 2.75) is 32.7 Å². The van der Waals surface area contributed by atoms with Crippen LogP contribution in [0.4, 0.5) is 5.69 Å². The lowest BCUT2D eigenvalue weighted by Gasteiger charge is -2.26. The summed E-state index contributed by atoms with van der Waals surface area (Å²) in [6.07, 6.45) is 1.92. The first kappa shape index (κ1) is 25.7. The molecule has 7 nitrogen and oxygen atoms in total. The Morgan fingerprint density at radius 2 is 1.74 bits per heavy atom. The Kier molecular flexibility index (Phi) is 7.29. The first-order valence-corrected chi connectivity index (χ1v) is 13.0. The molecular weight excluding hydrogens is 506 g/mol. The summed E-state index contributed by atoms with van der Waals surface area (Å²) in [7, 11) is 1.56. The number of amides is 1. The molecule has 1 aliphatic heterocycles. The zero-order chi connectivity index (χ0) is 26.8. The van der Waals surface area contributed by atoms with Crippen LogP contribution in [0.15, 0.2) is 69.9 Å². The van der Waals surface area contributed by atoms with Crippen molar-refractivity contribution in [1.82, 2.24) is 0 Å². The molecule has 5 rings (SSSR count). The molecule has 0 aliphatic carbocycles. The molecular formula is C30H28ClNO6. The number of methoxy groups -OCH3 is 1. The van der Waals surface area contributed by atoms with Gasteiger partial charge in [-0.25, -0.2) is 0 Å². The Labute approximate surface area is 225 Å². The number of benzene rings is 3. The number of nitrogens with zero attached hydrogens (tertiary/aromatic N) is 1. The van der Waals surface area contributed by atoms with Crippen molar-refractivity contribution in [1.29, 1.82) is 0 Å². The van der Waals surface area contributed by atoms with Crippen LogP contribution >= 0.6 is 11.6 Å². The fourth-order valence-electron chi connectivity index (χ4n) is 4.70. The SMILES string of the molecule is CCCCOc1ccc(C2c3c(oc4ccc(Cl)cc4c3=O)C(=O)N2c2ccc(OCC)cc2)cc1OC. The average Bonchev–Trinajstić information content (AvgIpc) is 3.22. The molecule has 1 unspecified atom stereocenters. The van der Waals surface area contributed by atoms with E-state index in [-0.39, 0.29) is 16.8 Å². The lowest BCUT2D eigenvalue weighted by atomic mass is 9.97. The normalized spacial score (nSPS) is 14.6. The minimum absolute atomic E-state index is 0.00551. The van der Waals surface area contributed by atoms with Crippen LogP contribution in [-0.4, -0.2) is 26.2 Å². The second-order valence-electron chi connectivity index (χ2n) is 8.93. The number of carbonyl (C=O) groups is 1. The molecule has 0 saturated heterocycles. The number of carbonyl (C=O) groups excluding carboxylic acids is 1. The number of anilines is 1. The van der Waals surface area contributed by atoms with E-state index in [1.807, 2.05) is 19.1 Å². The summed E-state index contributed by atoms with van der Waals surface area (Å²) < 4.78 is 23.1. The molecule has 1 aliphatic rings. The zero-order valence-corrected chi connectivity index (χ0v) is 22.2. The highest BCUT2D eigenvalue weighted by Gasteiger charge is 2.44. The average molecular weight is 534 g/mol. The third kappa shape index (κ3) is 4.58. The maximum atomic E-state index is 13.8. The topological polar surface area (TPSA) is 78.2 Å². The van der Waals surface area contributed by atoms with E-state index in [1.165, 1.54) is 0 Å². The number of unbranched alkanes of at least 4 members (excludes halogenated alkanes) is 1. The number of hydrogen-bond donors (Lipinski definition) is 0. The van der Waals surface area contributed by atoms with E-state index in [1.54, 1.807) is 60.5 Å². The van der Waals surface area contributed by atoms with E-state index in [2.05, 4.69) is 6.92 Å². The predicted molar refractivity (Wildman–Crippen MR) is 147 cm³/mol. The van der Waals surface area contributed by atoms with E-state index in [4.69, 9.17) is 30.2 Å². The van der Waals surface area contributed by atoms with Gasteiger partial charge in [0.15, 0.2) is 16.9 Å². The molecule has 0 bridgehead atoms. The Balaban J connectivity index is 1.69. The quantitative estimate of drug-likeness (QED) is 0.221. The lowest BCUT2D eigenvalue weighted by Crippen LogP contribution is -2.29. The van der Waals surface area contributed by atoms with Crippen molar-refractivity contribution in [3.63, 3.8) is 0 Å². The van der Waals surface area contributed by atoms with E-state index >= 15 is 0 Å². The molecule has 196 valence electrons. The number of halogens is 1. The van der Waals surface area contributed by atoms with Crippen LogP contribution in [-0.2, 0) is 0 Å². The minimum Gasteiger partial charge on any atom is -0.494 e. The van der Waals surface area contributed by atoms with Crippen molar-refractivity contribution < 1.29 is 23.4 Å². The Morgan fingerprint density at radius 1 is 0.947 bits per heavy atom. The van der Waals surface area contributed by atoms with E-state index in [9.17, 15) is 9.59 Å². The summed E-state index contributed by atoms with van der Waals surface area (Å²) in [5.41, 5.74) is 1.52. The highest BCUT2D eigenvalue weighted by atomic mass is 35.5. The Morgan fingerprint density at radius 3 is 2.45 bits per heavy atom. The van der Waals surface area contributed by atoms with Gasteiger partial charge >= 0.3 is 0 Å². The molecule has 3 aromatic carbocycles. The summed E-state index contributed by atoms with van der Waals surface area (Å²) in [4.78, 5) is 29.2. The number of ether oxygens (including phenoxy) is 3. The van der Waals surface area contributed by atoms with Crippen LogP contribution < -0.4 is 24.5 Å². The molecule has 0 fully saturated rings. The molecule has 1 aromatic heterocycles. The highest BCUT2D eigenvalue weighted by Crippen LogP contribution is 2.43. The molecule has 0 radical (unpaired) electrons. The predicted octanol–water partition coefficient (Wildman–Crippen LogP) is 6.78. The smallest absolute Gasteiger partial charge is 0.295 e.